The maximum atomic E-state index is 10.3. The first-order valence-corrected chi connectivity index (χ1v) is 4.86. The molecule has 0 aliphatic carbocycles. The molecule has 0 aliphatic rings. The molecule has 0 unspecified atom stereocenters. The van der Waals surface area contributed by atoms with Crippen molar-refractivity contribution >= 4 is 29.5 Å². The zero-order valence-electron chi connectivity index (χ0n) is 9.00. The van der Waals surface area contributed by atoms with E-state index in [-0.39, 0.29) is 6.67 Å². The van der Waals surface area contributed by atoms with Crippen molar-refractivity contribution in [3.05, 3.63) is 34.3 Å². The minimum absolute atomic E-state index is 0.250. The van der Waals surface area contributed by atoms with Crippen molar-refractivity contribution < 1.29 is 14.0 Å². The summed E-state index contributed by atoms with van der Waals surface area (Å²) in [7, 11) is 0. The fourth-order valence-corrected chi connectivity index (χ4v) is 0.798. The van der Waals surface area contributed by atoms with E-state index < -0.39 is 0 Å². The Bertz CT molecular complexity index is 191. The van der Waals surface area contributed by atoms with Gasteiger partial charge < -0.3 is 9.59 Å². The molecule has 0 aliphatic heterocycles. The third-order valence-corrected chi connectivity index (χ3v) is 1.54. The summed E-state index contributed by atoms with van der Waals surface area (Å²) in [6.07, 6.45) is 0. The van der Waals surface area contributed by atoms with E-state index in [4.69, 9.17) is 9.59 Å². The highest BCUT2D eigenvalue weighted by Crippen LogP contribution is 2.08. The average molecular weight is 279 g/mol. The van der Waals surface area contributed by atoms with E-state index in [1.807, 2.05) is 25.7 Å². The smallest absolute Gasteiger partial charge is 0.106 e. The molecule has 0 saturated heterocycles. The van der Waals surface area contributed by atoms with Gasteiger partial charge in [-0.3, -0.25) is 4.39 Å². The van der Waals surface area contributed by atoms with Crippen LogP contribution >= 0.6 is 15.9 Å². The quantitative estimate of drug-likeness (QED) is 0.729. The first kappa shape index (κ1) is 19.5. The molecule has 15 heavy (non-hydrogen) atoms. The van der Waals surface area contributed by atoms with Crippen LogP contribution in [0.2, 0.25) is 0 Å². The van der Waals surface area contributed by atoms with Crippen LogP contribution < -0.4 is 0 Å². The summed E-state index contributed by atoms with van der Waals surface area (Å²) < 4.78 is 11.4. The van der Waals surface area contributed by atoms with Crippen LogP contribution in [-0.2, 0) is 9.59 Å². The Hall–Kier alpha value is -1.03. The standard InChI is InChI=1S/C7H7Br.C2H5F.2CH2O/c1-6-2-4-7(8)5-3-6;1-2-3;2*1-2/h2-5H,1H3;2H2,1H3;2*1H2. The third kappa shape index (κ3) is 19.4. The van der Waals surface area contributed by atoms with Gasteiger partial charge in [-0.1, -0.05) is 33.6 Å². The van der Waals surface area contributed by atoms with Gasteiger partial charge in [-0.05, 0) is 26.0 Å². The molecule has 0 saturated carbocycles. The van der Waals surface area contributed by atoms with Gasteiger partial charge in [0, 0.05) is 4.47 Å². The topological polar surface area (TPSA) is 34.1 Å². The number of hydrogen-bond donors (Lipinski definition) is 0. The molecule has 0 aromatic heterocycles. The monoisotopic (exact) mass is 278 g/mol. The molecule has 0 bridgehead atoms. The van der Waals surface area contributed by atoms with Gasteiger partial charge in [0.05, 0.1) is 6.67 Å². The summed E-state index contributed by atoms with van der Waals surface area (Å²) in [5, 5.41) is 0. The summed E-state index contributed by atoms with van der Waals surface area (Å²) >= 11 is 3.35. The molecule has 1 rings (SSSR count). The number of aryl methyl sites for hydroxylation is 1. The summed E-state index contributed by atoms with van der Waals surface area (Å²) in [5.41, 5.74) is 1.30. The SMILES string of the molecule is C=O.C=O.CCF.Cc1ccc(Br)cc1. The van der Waals surface area contributed by atoms with Crippen molar-refractivity contribution in [1.82, 2.24) is 0 Å². The maximum Gasteiger partial charge on any atom is 0.106 e. The van der Waals surface area contributed by atoms with E-state index in [0.717, 1.165) is 4.47 Å². The van der Waals surface area contributed by atoms with Crippen LogP contribution in [-0.4, -0.2) is 20.3 Å². The predicted octanol–water partition coefficient (Wildman–Crippen LogP) is 3.36. The Morgan fingerprint density at radius 2 is 1.40 bits per heavy atom. The number of alkyl halides is 1. The van der Waals surface area contributed by atoms with Crippen molar-refractivity contribution in [3.63, 3.8) is 0 Å². The van der Waals surface area contributed by atoms with E-state index in [1.54, 1.807) is 0 Å². The van der Waals surface area contributed by atoms with Crippen molar-refractivity contribution in [2.75, 3.05) is 6.67 Å². The molecule has 86 valence electrons. The lowest BCUT2D eigenvalue weighted by Crippen LogP contribution is -1.66. The molecule has 1 aromatic rings. The number of halogens is 2. The number of rotatable bonds is 0. The summed E-state index contributed by atoms with van der Waals surface area (Å²) in [4.78, 5) is 16.0. The predicted molar refractivity (Wildman–Crippen MR) is 64.8 cm³/mol. The molecule has 0 heterocycles. The Morgan fingerprint density at radius 1 is 1.13 bits per heavy atom. The van der Waals surface area contributed by atoms with E-state index in [0.29, 0.717) is 0 Å². The average Bonchev–Trinajstić information content (AvgIpc) is 2.29. The van der Waals surface area contributed by atoms with Crippen LogP contribution in [0.4, 0.5) is 4.39 Å². The molecule has 0 amide bonds. The lowest BCUT2D eigenvalue weighted by atomic mass is 10.2. The largest absolute Gasteiger partial charge is 0.307 e. The Kier molecular flexibility index (Phi) is 24.3. The maximum absolute atomic E-state index is 10.3. The van der Waals surface area contributed by atoms with Gasteiger partial charge in [-0.25, -0.2) is 0 Å². The molecular formula is C11H16BrFO2. The Morgan fingerprint density at radius 3 is 1.60 bits per heavy atom. The van der Waals surface area contributed by atoms with Crippen LogP contribution in [0.5, 0.6) is 0 Å². The lowest BCUT2D eigenvalue weighted by molar-refractivity contribution is -0.0987. The Balaban J connectivity index is -0.000000176. The second-order valence-electron chi connectivity index (χ2n) is 2.06. The van der Waals surface area contributed by atoms with Gasteiger partial charge in [0.2, 0.25) is 0 Å². The number of carbonyl (C=O) groups is 2. The molecule has 0 radical (unpaired) electrons. The second kappa shape index (κ2) is 18.7. The summed E-state index contributed by atoms with van der Waals surface area (Å²) in [6, 6.07) is 8.22. The second-order valence-corrected chi connectivity index (χ2v) is 2.98. The minimum atomic E-state index is -0.250. The van der Waals surface area contributed by atoms with Gasteiger partial charge in [0.1, 0.15) is 13.6 Å². The first-order valence-electron chi connectivity index (χ1n) is 4.06. The molecule has 0 atom stereocenters. The Labute approximate surface area is 98.6 Å². The van der Waals surface area contributed by atoms with E-state index in [1.165, 1.54) is 12.5 Å². The zero-order chi connectivity index (χ0) is 12.7. The molecule has 0 spiro atoms. The van der Waals surface area contributed by atoms with Gasteiger partial charge in [-0.15, -0.1) is 0 Å². The molecule has 2 nitrogen and oxygen atoms in total. The van der Waals surface area contributed by atoms with Gasteiger partial charge >= 0.3 is 0 Å². The van der Waals surface area contributed by atoms with Crippen molar-refractivity contribution in [1.29, 1.82) is 0 Å². The van der Waals surface area contributed by atoms with Crippen LogP contribution in [0.1, 0.15) is 12.5 Å². The fourth-order valence-electron chi connectivity index (χ4n) is 0.533. The van der Waals surface area contributed by atoms with Crippen molar-refractivity contribution in [2.24, 2.45) is 0 Å². The number of hydrogen-bond acceptors (Lipinski definition) is 2. The van der Waals surface area contributed by atoms with Crippen LogP contribution in [0.3, 0.4) is 0 Å². The van der Waals surface area contributed by atoms with Crippen LogP contribution in [0.15, 0.2) is 28.7 Å². The normalized spacial score (nSPS) is 6.67. The number of carbonyl (C=O) groups excluding carboxylic acids is 2. The van der Waals surface area contributed by atoms with E-state index in [9.17, 15) is 4.39 Å². The highest BCUT2D eigenvalue weighted by molar-refractivity contribution is 9.10. The third-order valence-electron chi connectivity index (χ3n) is 1.01. The van der Waals surface area contributed by atoms with Crippen molar-refractivity contribution in [2.45, 2.75) is 13.8 Å². The van der Waals surface area contributed by atoms with E-state index in [2.05, 4.69) is 35.0 Å². The molecule has 1 aromatic carbocycles. The highest BCUT2D eigenvalue weighted by Gasteiger charge is 1.81. The molecule has 0 N–H and O–H groups in total. The van der Waals surface area contributed by atoms with Gasteiger partial charge in [0.25, 0.3) is 0 Å². The van der Waals surface area contributed by atoms with Gasteiger partial charge in [-0.2, -0.15) is 0 Å². The van der Waals surface area contributed by atoms with Crippen LogP contribution in [0.25, 0.3) is 0 Å². The molecular weight excluding hydrogens is 263 g/mol. The summed E-state index contributed by atoms with van der Waals surface area (Å²) in [6.45, 7) is 7.28. The first-order chi connectivity index (χ1) is 7.20. The lowest BCUT2D eigenvalue weighted by Gasteiger charge is -1.88. The summed E-state index contributed by atoms with van der Waals surface area (Å²) in [5.74, 6) is 0. The minimum Gasteiger partial charge on any atom is -0.307 e. The fraction of sp³-hybridized carbons (Fsp3) is 0.273. The molecule has 4 heteroatoms. The highest BCUT2D eigenvalue weighted by atomic mass is 79.9. The van der Waals surface area contributed by atoms with E-state index >= 15 is 0 Å². The van der Waals surface area contributed by atoms with Crippen LogP contribution in [0, 0.1) is 6.92 Å². The van der Waals surface area contributed by atoms with Crippen molar-refractivity contribution in [3.8, 4) is 0 Å². The molecule has 0 fully saturated rings. The zero-order valence-corrected chi connectivity index (χ0v) is 10.6. The van der Waals surface area contributed by atoms with Gasteiger partial charge in [0.15, 0.2) is 0 Å². The number of benzene rings is 1.